The summed E-state index contributed by atoms with van der Waals surface area (Å²) in [6.07, 6.45) is 9.38. The summed E-state index contributed by atoms with van der Waals surface area (Å²) in [6, 6.07) is 1.94. The molecular formula is C15H18N2O2. The van der Waals surface area contributed by atoms with Crippen LogP contribution in [0.1, 0.15) is 54.8 Å². The Morgan fingerprint density at radius 2 is 1.74 bits per heavy atom. The van der Waals surface area contributed by atoms with Crippen molar-refractivity contribution in [1.82, 2.24) is 9.97 Å². The number of hydrogen-bond acceptors (Lipinski definition) is 3. The van der Waals surface area contributed by atoms with Crippen molar-refractivity contribution in [3.05, 3.63) is 23.8 Å². The molecule has 4 bridgehead atoms. The van der Waals surface area contributed by atoms with Gasteiger partial charge < -0.3 is 5.11 Å². The van der Waals surface area contributed by atoms with Crippen molar-refractivity contribution in [2.45, 2.75) is 43.9 Å². The average molecular weight is 258 g/mol. The molecule has 0 amide bonds. The fraction of sp³-hybridized carbons (Fsp3) is 0.667. The van der Waals surface area contributed by atoms with Crippen LogP contribution in [-0.2, 0) is 5.41 Å². The van der Waals surface area contributed by atoms with Crippen LogP contribution in [0.5, 0.6) is 0 Å². The maximum Gasteiger partial charge on any atom is 0.373 e. The van der Waals surface area contributed by atoms with Gasteiger partial charge in [0.15, 0.2) is 0 Å². The Kier molecular flexibility index (Phi) is 2.26. The summed E-state index contributed by atoms with van der Waals surface area (Å²) in [7, 11) is 0. The lowest BCUT2D eigenvalue weighted by molar-refractivity contribution is -0.00737. The van der Waals surface area contributed by atoms with Crippen molar-refractivity contribution in [1.29, 1.82) is 0 Å². The van der Waals surface area contributed by atoms with Gasteiger partial charge in [-0.3, -0.25) is 0 Å². The molecule has 19 heavy (non-hydrogen) atoms. The summed E-state index contributed by atoms with van der Waals surface area (Å²) in [6.45, 7) is 0. The van der Waals surface area contributed by atoms with Crippen molar-refractivity contribution in [3.8, 4) is 0 Å². The third-order valence-electron chi connectivity index (χ3n) is 5.43. The summed E-state index contributed by atoms with van der Waals surface area (Å²) in [5, 5.41) is 9.07. The Morgan fingerprint density at radius 1 is 1.16 bits per heavy atom. The van der Waals surface area contributed by atoms with E-state index in [1.807, 2.05) is 6.07 Å². The zero-order chi connectivity index (χ0) is 13.0. The summed E-state index contributed by atoms with van der Waals surface area (Å²) in [5.41, 5.74) is 1.14. The Morgan fingerprint density at radius 3 is 2.26 bits per heavy atom. The van der Waals surface area contributed by atoms with Crippen LogP contribution in [-0.4, -0.2) is 21.0 Å². The fourth-order valence-corrected chi connectivity index (χ4v) is 5.18. The molecule has 4 nitrogen and oxygen atoms in total. The number of aromatic nitrogens is 2. The first kappa shape index (κ1) is 11.4. The van der Waals surface area contributed by atoms with Crippen LogP contribution in [0, 0.1) is 17.8 Å². The van der Waals surface area contributed by atoms with Gasteiger partial charge in [0.1, 0.15) is 0 Å². The van der Waals surface area contributed by atoms with E-state index >= 15 is 0 Å². The van der Waals surface area contributed by atoms with E-state index in [1.165, 1.54) is 38.5 Å². The van der Waals surface area contributed by atoms with E-state index in [4.69, 9.17) is 5.11 Å². The molecule has 1 aromatic rings. The molecule has 4 saturated carbocycles. The molecule has 1 N–H and O–H groups in total. The van der Waals surface area contributed by atoms with E-state index in [-0.39, 0.29) is 11.2 Å². The molecule has 0 aromatic carbocycles. The van der Waals surface area contributed by atoms with Gasteiger partial charge in [-0.2, -0.15) is 0 Å². The van der Waals surface area contributed by atoms with E-state index in [0.717, 1.165) is 23.4 Å². The standard InChI is InChI=1S/C15H18N2O2/c18-14(19)13-16-2-1-12(17-13)15-6-9-3-10(7-15)5-11(4-9)8-15/h1-2,9-11H,3-8H2,(H,18,19). The van der Waals surface area contributed by atoms with Gasteiger partial charge in [-0.25, -0.2) is 14.8 Å². The molecule has 5 rings (SSSR count). The largest absolute Gasteiger partial charge is 0.475 e. The van der Waals surface area contributed by atoms with Crippen LogP contribution in [0.2, 0.25) is 0 Å². The molecular weight excluding hydrogens is 240 g/mol. The van der Waals surface area contributed by atoms with Gasteiger partial charge in [0, 0.05) is 11.6 Å². The molecule has 0 radical (unpaired) electrons. The fourth-order valence-electron chi connectivity index (χ4n) is 5.18. The first-order valence-corrected chi connectivity index (χ1v) is 7.21. The predicted octanol–water partition coefficient (Wildman–Crippen LogP) is 2.64. The van der Waals surface area contributed by atoms with Crippen molar-refractivity contribution in [2.24, 2.45) is 17.8 Å². The van der Waals surface area contributed by atoms with Crippen molar-refractivity contribution in [3.63, 3.8) is 0 Å². The van der Waals surface area contributed by atoms with Crippen molar-refractivity contribution >= 4 is 5.97 Å². The monoisotopic (exact) mass is 258 g/mol. The number of aromatic carboxylic acids is 1. The van der Waals surface area contributed by atoms with E-state index in [0.29, 0.717) is 0 Å². The molecule has 0 atom stereocenters. The second kappa shape index (κ2) is 3.78. The van der Waals surface area contributed by atoms with Crippen LogP contribution < -0.4 is 0 Å². The lowest BCUT2D eigenvalue weighted by Crippen LogP contribution is -2.49. The van der Waals surface area contributed by atoms with Gasteiger partial charge >= 0.3 is 5.97 Å². The lowest BCUT2D eigenvalue weighted by Gasteiger charge is -2.56. The maximum atomic E-state index is 11.1. The summed E-state index contributed by atoms with van der Waals surface area (Å²) >= 11 is 0. The van der Waals surface area contributed by atoms with Crippen molar-refractivity contribution < 1.29 is 9.90 Å². The summed E-state index contributed by atoms with van der Waals surface area (Å²) < 4.78 is 0. The quantitative estimate of drug-likeness (QED) is 0.885. The predicted molar refractivity (Wildman–Crippen MR) is 68.8 cm³/mol. The van der Waals surface area contributed by atoms with Crippen LogP contribution >= 0.6 is 0 Å². The third-order valence-corrected chi connectivity index (χ3v) is 5.43. The van der Waals surface area contributed by atoms with Crippen LogP contribution in [0.15, 0.2) is 12.3 Å². The molecule has 4 fully saturated rings. The van der Waals surface area contributed by atoms with E-state index in [1.54, 1.807) is 6.20 Å². The van der Waals surface area contributed by atoms with Crippen LogP contribution in [0.4, 0.5) is 0 Å². The number of hydrogen-bond donors (Lipinski definition) is 1. The van der Waals surface area contributed by atoms with Crippen LogP contribution in [0.25, 0.3) is 0 Å². The first-order valence-electron chi connectivity index (χ1n) is 7.21. The maximum absolute atomic E-state index is 11.1. The van der Waals surface area contributed by atoms with Gasteiger partial charge in [-0.15, -0.1) is 0 Å². The third kappa shape index (κ3) is 1.69. The number of rotatable bonds is 2. The zero-order valence-corrected chi connectivity index (χ0v) is 10.9. The van der Waals surface area contributed by atoms with Crippen LogP contribution in [0.3, 0.4) is 0 Å². The molecule has 0 spiro atoms. The topological polar surface area (TPSA) is 63.1 Å². The minimum absolute atomic E-state index is 0.0479. The Balaban J connectivity index is 1.75. The van der Waals surface area contributed by atoms with E-state index in [9.17, 15) is 4.79 Å². The second-order valence-electron chi connectivity index (χ2n) is 6.77. The molecule has 4 aliphatic rings. The second-order valence-corrected chi connectivity index (χ2v) is 6.77. The first-order chi connectivity index (χ1) is 9.14. The Bertz CT molecular complexity index is 505. The smallest absolute Gasteiger partial charge is 0.373 e. The molecule has 0 aliphatic heterocycles. The highest BCUT2D eigenvalue weighted by Gasteiger charge is 2.52. The summed E-state index contributed by atoms with van der Waals surface area (Å²) in [5.74, 6) is 1.46. The molecule has 0 unspecified atom stereocenters. The van der Waals surface area contributed by atoms with Gasteiger partial charge in [0.05, 0.1) is 5.69 Å². The molecule has 0 saturated heterocycles. The Hall–Kier alpha value is -1.45. The SMILES string of the molecule is O=C(O)c1nccc(C23CC4CC(CC(C4)C2)C3)n1. The highest BCUT2D eigenvalue weighted by atomic mass is 16.4. The molecule has 1 aromatic heterocycles. The van der Waals surface area contributed by atoms with Gasteiger partial charge in [0.2, 0.25) is 5.82 Å². The van der Waals surface area contributed by atoms with Crippen molar-refractivity contribution in [2.75, 3.05) is 0 Å². The van der Waals surface area contributed by atoms with Gasteiger partial charge in [-0.05, 0) is 62.3 Å². The zero-order valence-electron chi connectivity index (χ0n) is 10.9. The van der Waals surface area contributed by atoms with Gasteiger partial charge in [-0.1, -0.05) is 0 Å². The summed E-state index contributed by atoms with van der Waals surface area (Å²) in [4.78, 5) is 19.3. The highest BCUT2D eigenvalue weighted by Crippen LogP contribution is 2.60. The number of carbonyl (C=O) groups is 1. The molecule has 1 heterocycles. The Labute approximate surface area is 112 Å². The van der Waals surface area contributed by atoms with Gasteiger partial charge in [0.25, 0.3) is 0 Å². The molecule has 4 aliphatic carbocycles. The molecule has 4 heteroatoms. The lowest BCUT2D eigenvalue weighted by atomic mass is 9.49. The molecule has 100 valence electrons. The number of carboxylic acids is 1. The minimum atomic E-state index is -1.02. The normalized spacial score (nSPS) is 39.5. The van der Waals surface area contributed by atoms with E-state index < -0.39 is 5.97 Å². The highest BCUT2D eigenvalue weighted by molar-refractivity contribution is 5.83. The van der Waals surface area contributed by atoms with E-state index in [2.05, 4.69) is 9.97 Å². The number of nitrogens with zero attached hydrogens (tertiary/aromatic N) is 2. The number of carboxylic acid groups (broad SMARTS) is 1. The minimum Gasteiger partial charge on any atom is -0.475 e. The average Bonchev–Trinajstić information content (AvgIpc) is 2.37.